The molecule has 1 unspecified atom stereocenters. The molecule has 3 aromatic rings. The van der Waals surface area contributed by atoms with Crippen LogP contribution < -0.4 is 9.47 Å². The Morgan fingerprint density at radius 2 is 1.81 bits per heavy atom. The Balaban J connectivity index is 1.47. The van der Waals surface area contributed by atoms with Gasteiger partial charge < -0.3 is 14.0 Å². The third-order valence-electron chi connectivity index (χ3n) is 6.28. The molecule has 0 saturated heterocycles. The zero-order chi connectivity index (χ0) is 22.1. The SMILES string of the molecule is COc1ccc(-c2nnc(SC(C)c3nc(C4CC4)no3)n2C2CCCCC2)cc1OC. The van der Waals surface area contributed by atoms with Gasteiger partial charge in [-0.25, -0.2) is 0 Å². The van der Waals surface area contributed by atoms with Crippen LogP contribution in [0.2, 0.25) is 0 Å². The van der Waals surface area contributed by atoms with Crippen LogP contribution in [-0.4, -0.2) is 39.1 Å². The maximum absolute atomic E-state index is 5.56. The molecule has 2 aliphatic carbocycles. The summed E-state index contributed by atoms with van der Waals surface area (Å²) in [4.78, 5) is 4.63. The van der Waals surface area contributed by atoms with Gasteiger partial charge in [-0.05, 0) is 50.8 Å². The molecule has 5 rings (SSSR count). The summed E-state index contributed by atoms with van der Waals surface area (Å²) >= 11 is 1.63. The second kappa shape index (κ2) is 9.13. The van der Waals surface area contributed by atoms with E-state index >= 15 is 0 Å². The zero-order valence-electron chi connectivity index (χ0n) is 18.8. The van der Waals surface area contributed by atoms with E-state index in [9.17, 15) is 0 Å². The van der Waals surface area contributed by atoms with Crippen LogP contribution in [-0.2, 0) is 0 Å². The van der Waals surface area contributed by atoms with Gasteiger partial charge in [-0.2, -0.15) is 4.98 Å². The maximum atomic E-state index is 5.56. The van der Waals surface area contributed by atoms with Crippen molar-refractivity contribution in [1.82, 2.24) is 24.9 Å². The minimum atomic E-state index is -0.000191. The minimum absolute atomic E-state index is 0.000191. The number of rotatable bonds is 8. The fourth-order valence-corrected chi connectivity index (χ4v) is 5.28. The summed E-state index contributed by atoms with van der Waals surface area (Å²) in [6.07, 6.45) is 8.31. The third kappa shape index (κ3) is 4.22. The molecule has 2 fully saturated rings. The lowest BCUT2D eigenvalue weighted by Crippen LogP contribution is -2.15. The van der Waals surface area contributed by atoms with Gasteiger partial charge in [0.2, 0.25) is 5.89 Å². The molecule has 8 nitrogen and oxygen atoms in total. The van der Waals surface area contributed by atoms with Gasteiger partial charge in [-0.15, -0.1) is 10.2 Å². The van der Waals surface area contributed by atoms with Crippen LogP contribution in [0.4, 0.5) is 0 Å². The summed E-state index contributed by atoms with van der Waals surface area (Å²) in [7, 11) is 3.29. The maximum Gasteiger partial charge on any atom is 0.239 e. The quantitative estimate of drug-likeness (QED) is 0.407. The Morgan fingerprint density at radius 3 is 2.53 bits per heavy atom. The summed E-state index contributed by atoms with van der Waals surface area (Å²) in [6.45, 7) is 2.09. The van der Waals surface area contributed by atoms with Gasteiger partial charge in [-0.3, -0.25) is 4.57 Å². The van der Waals surface area contributed by atoms with Gasteiger partial charge in [0.15, 0.2) is 28.3 Å². The number of benzene rings is 1. The fraction of sp³-hybridized carbons (Fsp3) is 0.565. The first kappa shape index (κ1) is 21.3. The molecule has 0 bridgehead atoms. The summed E-state index contributed by atoms with van der Waals surface area (Å²) in [5.41, 5.74) is 0.967. The summed E-state index contributed by atoms with van der Waals surface area (Å²) in [6, 6.07) is 6.28. The van der Waals surface area contributed by atoms with Crippen LogP contribution in [0.1, 0.15) is 80.8 Å². The van der Waals surface area contributed by atoms with Crippen LogP contribution in [0.25, 0.3) is 11.4 Å². The summed E-state index contributed by atoms with van der Waals surface area (Å²) in [5.74, 6) is 4.22. The van der Waals surface area contributed by atoms with E-state index in [0.29, 0.717) is 29.3 Å². The van der Waals surface area contributed by atoms with Gasteiger partial charge in [0.25, 0.3) is 0 Å². The molecule has 2 aliphatic rings. The highest BCUT2D eigenvalue weighted by atomic mass is 32.2. The molecule has 2 saturated carbocycles. The molecule has 170 valence electrons. The number of hydrogen-bond acceptors (Lipinski definition) is 8. The summed E-state index contributed by atoms with van der Waals surface area (Å²) < 4.78 is 18.8. The monoisotopic (exact) mass is 455 g/mol. The van der Waals surface area contributed by atoms with Crippen molar-refractivity contribution in [2.75, 3.05) is 14.2 Å². The van der Waals surface area contributed by atoms with Crippen LogP contribution in [0.5, 0.6) is 11.5 Å². The fourth-order valence-electron chi connectivity index (χ4n) is 4.33. The van der Waals surface area contributed by atoms with E-state index < -0.39 is 0 Å². The molecule has 9 heteroatoms. The first-order valence-electron chi connectivity index (χ1n) is 11.4. The predicted octanol–water partition coefficient (Wildman–Crippen LogP) is 5.58. The first-order valence-corrected chi connectivity index (χ1v) is 12.2. The number of ether oxygens (including phenoxy) is 2. The Hall–Kier alpha value is -2.55. The largest absolute Gasteiger partial charge is 0.493 e. The minimum Gasteiger partial charge on any atom is -0.493 e. The Bertz CT molecular complexity index is 1070. The van der Waals surface area contributed by atoms with E-state index in [1.807, 2.05) is 18.2 Å². The van der Waals surface area contributed by atoms with Gasteiger partial charge in [-0.1, -0.05) is 36.2 Å². The Morgan fingerprint density at radius 1 is 1.03 bits per heavy atom. The standard InChI is InChI=1S/C23H29N5O3S/c1-14(22-24-20(27-31-22)15-9-10-15)32-23-26-25-21(28(23)17-7-5-4-6-8-17)16-11-12-18(29-2)19(13-16)30-3/h11-15,17H,4-10H2,1-3H3. The Labute approximate surface area is 192 Å². The normalized spacial score (nSPS) is 18.0. The number of methoxy groups -OCH3 is 2. The number of hydrogen-bond donors (Lipinski definition) is 0. The Kier molecular flexibility index (Phi) is 6.08. The highest BCUT2D eigenvalue weighted by Crippen LogP contribution is 2.42. The van der Waals surface area contributed by atoms with Crippen LogP contribution >= 0.6 is 11.8 Å². The van der Waals surface area contributed by atoms with Crippen LogP contribution in [0.3, 0.4) is 0 Å². The molecule has 0 aliphatic heterocycles. The summed E-state index contributed by atoms with van der Waals surface area (Å²) in [5, 5.41) is 14.3. The molecule has 0 amide bonds. The zero-order valence-corrected chi connectivity index (χ0v) is 19.6. The van der Waals surface area contributed by atoms with Crippen molar-refractivity contribution in [3.8, 4) is 22.9 Å². The predicted molar refractivity (Wildman–Crippen MR) is 121 cm³/mol. The lowest BCUT2D eigenvalue weighted by atomic mass is 9.95. The third-order valence-corrected chi connectivity index (χ3v) is 7.32. The van der Waals surface area contributed by atoms with E-state index in [1.54, 1.807) is 26.0 Å². The number of thioether (sulfide) groups is 1. The van der Waals surface area contributed by atoms with E-state index in [1.165, 1.54) is 19.3 Å². The molecular weight excluding hydrogens is 426 g/mol. The van der Waals surface area contributed by atoms with Gasteiger partial charge in [0.1, 0.15) is 0 Å². The molecule has 2 aromatic heterocycles. The highest BCUT2D eigenvalue weighted by Gasteiger charge is 2.31. The van der Waals surface area contributed by atoms with E-state index in [0.717, 1.165) is 48.1 Å². The van der Waals surface area contributed by atoms with Gasteiger partial charge in [0.05, 0.1) is 19.5 Å². The molecule has 2 heterocycles. The number of aromatic nitrogens is 5. The van der Waals surface area contributed by atoms with E-state index in [-0.39, 0.29) is 5.25 Å². The molecular formula is C23H29N5O3S. The van der Waals surface area contributed by atoms with E-state index in [4.69, 9.17) is 14.0 Å². The van der Waals surface area contributed by atoms with Crippen molar-refractivity contribution in [3.63, 3.8) is 0 Å². The van der Waals surface area contributed by atoms with Gasteiger partial charge >= 0.3 is 0 Å². The van der Waals surface area contributed by atoms with Gasteiger partial charge in [0, 0.05) is 17.5 Å². The van der Waals surface area contributed by atoms with Crippen LogP contribution in [0, 0.1) is 0 Å². The average molecular weight is 456 g/mol. The van der Waals surface area contributed by atoms with Crippen molar-refractivity contribution in [1.29, 1.82) is 0 Å². The van der Waals surface area contributed by atoms with Crippen molar-refractivity contribution >= 4 is 11.8 Å². The lowest BCUT2D eigenvalue weighted by Gasteiger charge is -2.26. The lowest BCUT2D eigenvalue weighted by molar-refractivity contribution is 0.338. The van der Waals surface area contributed by atoms with Crippen LogP contribution in [0.15, 0.2) is 27.9 Å². The molecule has 0 radical (unpaired) electrons. The van der Waals surface area contributed by atoms with E-state index in [2.05, 4.69) is 31.8 Å². The molecule has 0 N–H and O–H groups in total. The van der Waals surface area contributed by atoms with Crippen molar-refractivity contribution < 1.29 is 14.0 Å². The van der Waals surface area contributed by atoms with Crippen molar-refractivity contribution in [2.24, 2.45) is 0 Å². The highest BCUT2D eigenvalue weighted by molar-refractivity contribution is 7.99. The van der Waals surface area contributed by atoms with Crippen molar-refractivity contribution in [2.45, 2.75) is 74.2 Å². The molecule has 1 aromatic carbocycles. The number of nitrogens with zero attached hydrogens (tertiary/aromatic N) is 5. The molecule has 1 atom stereocenters. The topological polar surface area (TPSA) is 88.1 Å². The second-order valence-corrected chi connectivity index (χ2v) is 9.87. The smallest absolute Gasteiger partial charge is 0.239 e. The molecule has 0 spiro atoms. The first-order chi connectivity index (χ1) is 15.7. The average Bonchev–Trinajstić information content (AvgIpc) is 3.41. The van der Waals surface area contributed by atoms with Crippen molar-refractivity contribution in [3.05, 3.63) is 29.9 Å². The molecule has 32 heavy (non-hydrogen) atoms. The second-order valence-electron chi connectivity index (χ2n) is 8.56.